The first-order chi connectivity index (χ1) is 18.8. The summed E-state index contributed by atoms with van der Waals surface area (Å²) in [5.41, 5.74) is 3.05. The van der Waals surface area contributed by atoms with Gasteiger partial charge in [0.1, 0.15) is 5.76 Å². The number of hydrogen-bond donors (Lipinski definition) is 2. The van der Waals surface area contributed by atoms with E-state index in [1.54, 1.807) is 19.3 Å². The average molecular weight is 536 g/mol. The van der Waals surface area contributed by atoms with Gasteiger partial charge in [-0.2, -0.15) is 5.26 Å². The summed E-state index contributed by atoms with van der Waals surface area (Å²) >= 11 is 0. The Hall–Kier alpha value is -3.37. The van der Waals surface area contributed by atoms with Crippen LogP contribution >= 0.6 is 0 Å². The summed E-state index contributed by atoms with van der Waals surface area (Å²) in [7, 11) is 1.66. The first-order valence-corrected chi connectivity index (χ1v) is 14.0. The van der Waals surface area contributed by atoms with Gasteiger partial charge < -0.3 is 20.1 Å². The minimum Gasteiger partial charge on any atom is -0.494 e. The molecule has 7 heteroatoms. The van der Waals surface area contributed by atoms with Crippen molar-refractivity contribution >= 4 is 11.8 Å². The van der Waals surface area contributed by atoms with E-state index in [1.165, 1.54) is 6.08 Å². The van der Waals surface area contributed by atoms with Crippen LogP contribution in [0.1, 0.15) is 72.1 Å². The largest absolute Gasteiger partial charge is 0.494 e. The van der Waals surface area contributed by atoms with Gasteiger partial charge in [-0.3, -0.25) is 9.59 Å². The molecular weight excluding hydrogens is 490 g/mol. The average Bonchev–Trinajstić information content (AvgIpc) is 3.66. The lowest BCUT2D eigenvalue weighted by Crippen LogP contribution is -2.30. The molecule has 2 atom stereocenters. The normalized spacial score (nSPS) is 21.2. The molecular formula is C32H45N3O4. The molecule has 7 nitrogen and oxygen atoms in total. The van der Waals surface area contributed by atoms with E-state index < -0.39 is 0 Å². The Balaban J connectivity index is 2.20. The Kier molecular flexibility index (Phi) is 13.0. The van der Waals surface area contributed by atoms with Crippen molar-refractivity contribution in [3.8, 4) is 6.07 Å². The molecule has 1 fully saturated rings. The SMILES string of the molecule is C=C/C(=C\C1=C(C)C2(CCO1)CC2C(=O)N/C(=C/C(C#N)=C\CC)C(=C)CCCC)C(=O)NCCCCOC. The summed E-state index contributed by atoms with van der Waals surface area (Å²) in [5.74, 6) is 0.135. The summed E-state index contributed by atoms with van der Waals surface area (Å²) in [4.78, 5) is 26.2. The van der Waals surface area contributed by atoms with E-state index in [9.17, 15) is 14.9 Å². The van der Waals surface area contributed by atoms with E-state index in [0.29, 0.717) is 48.8 Å². The number of nitrogens with zero attached hydrogens (tertiary/aromatic N) is 1. The van der Waals surface area contributed by atoms with E-state index in [4.69, 9.17) is 9.47 Å². The zero-order valence-corrected chi connectivity index (χ0v) is 24.2. The van der Waals surface area contributed by atoms with Crippen LogP contribution in [0.5, 0.6) is 0 Å². The third-order valence-corrected chi connectivity index (χ3v) is 7.47. The monoisotopic (exact) mass is 535 g/mol. The number of unbranched alkanes of at least 4 members (excludes halogenated alkanes) is 2. The van der Waals surface area contributed by atoms with Gasteiger partial charge in [-0.15, -0.1) is 0 Å². The molecule has 1 saturated carbocycles. The van der Waals surface area contributed by atoms with Crippen molar-refractivity contribution in [1.82, 2.24) is 10.6 Å². The van der Waals surface area contributed by atoms with Gasteiger partial charge in [-0.05, 0) is 75.2 Å². The van der Waals surface area contributed by atoms with Crippen LogP contribution in [0, 0.1) is 22.7 Å². The third kappa shape index (κ3) is 8.83. The lowest BCUT2D eigenvalue weighted by molar-refractivity contribution is -0.122. The smallest absolute Gasteiger partial charge is 0.251 e. The van der Waals surface area contributed by atoms with Crippen LogP contribution in [0.15, 0.2) is 71.2 Å². The first-order valence-electron chi connectivity index (χ1n) is 14.0. The summed E-state index contributed by atoms with van der Waals surface area (Å²) in [6.07, 6.45) is 13.4. The highest BCUT2D eigenvalue weighted by Gasteiger charge is 2.60. The van der Waals surface area contributed by atoms with Gasteiger partial charge in [-0.1, -0.05) is 45.6 Å². The van der Waals surface area contributed by atoms with Gasteiger partial charge >= 0.3 is 0 Å². The van der Waals surface area contributed by atoms with Gasteiger partial charge in [0.2, 0.25) is 5.91 Å². The van der Waals surface area contributed by atoms with Crippen molar-refractivity contribution in [2.24, 2.45) is 11.3 Å². The van der Waals surface area contributed by atoms with E-state index in [2.05, 4.69) is 36.8 Å². The molecule has 2 unspecified atom stereocenters. The number of rotatable bonds is 16. The van der Waals surface area contributed by atoms with Crippen LogP contribution in [0.25, 0.3) is 0 Å². The molecule has 0 bridgehead atoms. The number of nitriles is 1. The number of carbonyl (C=O) groups is 2. The molecule has 0 radical (unpaired) electrons. The van der Waals surface area contributed by atoms with Gasteiger partial charge in [-0.25, -0.2) is 0 Å². The van der Waals surface area contributed by atoms with Crippen molar-refractivity contribution in [1.29, 1.82) is 5.26 Å². The molecule has 2 rings (SSSR count). The van der Waals surface area contributed by atoms with Crippen molar-refractivity contribution in [3.63, 3.8) is 0 Å². The van der Waals surface area contributed by atoms with Crippen molar-refractivity contribution in [2.75, 3.05) is 26.9 Å². The quantitative estimate of drug-likeness (QED) is 0.110. The number of hydrogen-bond acceptors (Lipinski definition) is 5. The molecule has 1 heterocycles. The van der Waals surface area contributed by atoms with Gasteiger partial charge in [0.15, 0.2) is 0 Å². The summed E-state index contributed by atoms with van der Waals surface area (Å²) < 4.78 is 11.0. The molecule has 0 aromatic carbocycles. The number of ether oxygens (including phenoxy) is 2. The predicted molar refractivity (Wildman–Crippen MR) is 155 cm³/mol. The predicted octanol–water partition coefficient (Wildman–Crippen LogP) is 5.95. The number of methoxy groups -OCH3 is 1. The van der Waals surface area contributed by atoms with Crippen molar-refractivity contribution in [3.05, 3.63) is 71.2 Å². The van der Waals surface area contributed by atoms with E-state index in [0.717, 1.165) is 56.1 Å². The minimum atomic E-state index is -0.301. The zero-order valence-electron chi connectivity index (χ0n) is 24.2. The van der Waals surface area contributed by atoms with E-state index in [1.807, 2.05) is 19.9 Å². The molecule has 39 heavy (non-hydrogen) atoms. The van der Waals surface area contributed by atoms with Crippen LogP contribution in [0.3, 0.4) is 0 Å². The fourth-order valence-electron chi connectivity index (χ4n) is 4.89. The molecule has 1 spiro atoms. The molecule has 0 aromatic rings. The Morgan fingerprint density at radius 3 is 2.69 bits per heavy atom. The summed E-state index contributed by atoms with van der Waals surface area (Å²) in [6.45, 7) is 15.7. The Morgan fingerprint density at radius 1 is 1.28 bits per heavy atom. The maximum absolute atomic E-state index is 13.5. The maximum Gasteiger partial charge on any atom is 0.251 e. The minimum absolute atomic E-state index is 0.0741. The van der Waals surface area contributed by atoms with E-state index in [-0.39, 0.29) is 23.1 Å². The van der Waals surface area contributed by atoms with Crippen LogP contribution in [-0.4, -0.2) is 38.7 Å². The summed E-state index contributed by atoms with van der Waals surface area (Å²) in [6, 6.07) is 2.20. The van der Waals surface area contributed by atoms with E-state index >= 15 is 0 Å². The lowest BCUT2D eigenvalue weighted by atomic mass is 9.87. The second-order valence-corrected chi connectivity index (χ2v) is 10.2. The second kappa shape index (κ2) is 15.9. The number of amides is 2. The first kappa shape index (κ1) is 31.8. The number of nitrogens with one attached hydrogen (secondary N) is 2. The fraction of sp³-hybridized carbons (Fsp3) is 0.531. The molecule has 0 aromatic heterocycles. The third-order valence-electron chi connectivity index (χ3n) is 7.47. The molecule has 1 aliphatic carbocycles. The van der Waals surface area contributed by atoms with Gasteiger partial charge in [0.25, 0.3) is 5.91 Å². The maximum atomic E-state index is 13.5. The Bertz CT molecular complexity index is 1090. The molecule has 2 N–H and O–H groups in total. The van der Waals surface area contributed by atoms with Crippen molar-refractivity contribution in [2.45, 2.75) is 72.1 Å². The van der Waals surface area contributed by atoms with Crippen molar-refractivity contribution < 1.29 is 19.1 Å². The molecule has 2 amide bonds. The van der Waals surface area contributed by atoms with Gasteiger partial charge in [0, 0.05) is 42.9 Å². The lowest BCUT2D eigenvalue weighted by Gasteiger charge is -2.27. The highest BCUT2D eigenvalue weighted by Crippen LogP contribution is 2.62. The Morgan fingerprint density at radius 2 is 2.05 bits per heavy atom. The second-order valence-electron chi connectivity index (χ2n) is 10.2. The summed E-state index contributed by atoms with van der Waals surface area (Å²) in [5, 5.41) is 15.5. The molecule has 212 valence electrons. The molecule has 2 aliphatic rings. The van der Waals surface area contributed by atoms with Crippen LogP contribution < -0.4 is 10.6 Å². The molecule has 0 saturated heterocycles. The highest BCUT2D eigenvalue weighted by molar-refractivity contribution is 5.96. The Labute approximate surface area is 234 Å². The van der Waals surface area contributed by atoms with Crippen LogP contribution in [0.4, 0.5) is 0 Å². The fourth-order valence-corrected chi connectivity index (χ4v) is 4.89. The van der Waals surface area contributed by atoms with Gasteiger partial charge in [0.05, 0.1) is 18.2 Å². The zero-order chi connectivity index (χ0) is 28.8. The number of carbonyl (C=O) groups excluding carboxylic acids is 2. The van der Waals surface area contributed by atoms with Crippen LogP contribution in [0.2, 0.25) is 0 Å². The topological polar surface area (TPSA) is 100 Å². The van der Waals surface area contributed by atoms with Crippen LogP contribution in [-0.2, 0) is 19.1 Å². The number of allylic oxidation sites excluding steroid dienone is 6. The molecule has 1 aliphatic heterocycles. The highest BCUT2D eigenvalue weighted by atomic mass is 16.5. The standard InChI is InChI=1S/C32H45N3O4/c1-7-10-14-23(4)28(19-25(22-33)13-8-2)35-31(37)27-21-32(27)15-18-39-29(24(32)5)20-26(9-3)30(36)34-16-11-12-17-38-6/h9,13,19-20,27H,3-4,7-8,10-12,14-18,21H2,1-2,5-6H3,(H,34,36)(H,35,37)/b25-13+,26-20+,28-19+.